The third-order valence-corrected chi connectivity index (χ3v) is 18.3. The van der Waals surface area contributed by atoms with Crippen molar-refractivity contribution in [3.05, 3.63) is 23.8 Å². The van der Waals surface area contributed by atoms with Gasteiger partial charge in [-0.25, -0.2) is 0 Å². The second-order valence-electron chi connectivity index (χ2n) is 11.3. The molecule has 166 valence electrons. The fourth-order valence-corrected chi connectivity index (χ4v) is 7.55. The van der Waals surface area contributed by atoms with Crippen molar-refractivity contribution in [2.75, 3.05) is 11.5 Å². The van der Waals surface area contributed by atoms with E-state index in [1.165, 1.54) is 23.5 Å². The molecule has 1 fully saturated rings. The molecule has 1 aliphatic heterocycles. The minimum atomic E-state index is -1.89. The topological polar surface area (TPSA) is 18.5 Å². The van der Waals surface area contributed by atoms with Gasteiger partial charge in [0.2, 0.25) is 16.6 Å². The van der Waals surface area contributed by atoms with Gasteiger partial charge in [0.1, 0.15) is 11.5 Å². The highest BCUT2D eigenvalue weighted by Crippen LogP contribution is 2.42. The normalized spacial score (nSPS) is 17.3. The van der Waals surface area contributed by atoms with E-state index in [-0.39, 0.29) is 10.1 Å². The van der Waals surface area contributed by atoms with Gasteiger partial charge in [-0.15, -0.1) is 23.5 Å². The lowest BCUT2D eigenvalue weighted by Crippen LogP contribution is -2.44. The first-order valence-electron chi connectivity index (χ1n) is 10.9. The zero-order valence-corrected chi connectivity index (χ0v) is 23.9. The van der Waals surface area contributed by atoms with Crippen molar-refractivity contribution < 1.29 is 8.85 Å². The van der Waals surface area contributed by atoms with Crippen molar-refractivity contribution in [3.63, 3.8) is 0 Å². The molecule has 0 spiro atoms. The van der Waals surface area contributed by atoms with Crippen LogP contribution in [-0.2, 0) is 6.42 Å². The fourth-order valence-electron chi connectivity index (χ4n) is 2.61. The summed E-state index contributed by atoms with van der Waals surface area (Å²) in [6.45, 7) is 23.1. The quantitative estimate of drug-likeness (QED) is 0.390. The summed E-state index contributed by atoms with van der Waals surface area (Å²) in [5.41, 5.74) is 1.35. The average Bonchev–Trinajstić information content (AvgIpc) is 2.52. The summed E-state index contributed by atoms with van der Waals surface area (Å²) in [7, 11) is -3.79. The number of rotatable bonds is 6. The van der Waals surface area contributed by atoms with Gasteiger partial charge in [-0.2, -0.15) is 0 Å². The van der Waals surface area contributed by atoms with E-state index in [1.54, 1.807) is 0 Å². The zero-order valence-electron chi connectivity index (χ0n) is 20.3. The molecule has 0 atom stereocenters. The van der Waals surface area contributed by atoms with Crippen molar-refractivity contribution in [1.82, 2.24) is 0 Å². The molecule has 6 heteroatoms. The standard InChI is InChI=1S/C23H42O2S2Si2/c1-22(2,3)28(7,8)24-19-14-18(16-21-26-12-11-13-27-21)15-20(17-19)25-29(9,10)23(4,5)6/h14-15,17,21H,11-13,16H2,1-10H3. The second kappa shape index (κ2) is 9.21. The molecular weight excluding hydrogens is 429 g/mol. The molecule has 1 aromatic rings. The predicted octanol–water partition coefficient (Wildman–Crippen LogP) is 8.19. The molecule has 1 saturated heterocycles. The van der Waals surface area contributed by atoms with Crippen molar-refractivity contribution >= 4 is 40.2 Å². The van der Waals surface area contributed by atoms with E-state index >= 15 is 0 Å². The minimum absolute atomic E-state index is 0.179. The maximum atomic E-state index is 6.70. The molecule has 0 bridgehead atoms. The smallest absolute Gasteiger partial charge is 0.250 e. The summed E-state index contributed by atoms with van der Waals surface area (Å²) in [5, 5.41) is 0.358. The molecule has 0 radical (unpaired) electrons. The minimum Gasteiger partial charge on any atom is -0.543 e. The van der Waals surface area contributed by atoms with Gasteiger partial charge in [0.05, 0.1) is 4.58 Å². The van der Waals surface area contributed by atoms with Crippen LogP contribution in [0.15, 0.2) is 18.2 Å². The fraction of sp³-hybridized carbons (Fsp3) is 0.739. The Bertz CT molecular complexity index is 639. The first-order chi connectivity index (χ1) is 13.1. The number of hydrogen-bond donors (Lipinski definition) is 0. The van der Waals surface area contributed by atoms with Crippen LogP contribution >= 0.6 is 23.5 Å². The molecule has 2 nitrogen and oxygen atoms in total. The average molecular weight is 471 g/mol. The van der Waals surface area contributed by atoms with Crippen LogP contribution in [0, 0.1) is 0 Å². The Hall–Kier alpha value is -0.0462. The first-order valence-corrected chi connectivity index (χ1v) is 18.8. The molecule has 0 aromatic heterocycles. The van der Waals surface area contributed by atoms with E-state index in [2.05, 4.69) is 109 Å². The summed E-state index contributed by atoms with van der Waals surface area (Å²) < 4.78 is 14.0. The molecule has 0 aliphatic carbocycles. The molecule has 1 heterocycles. The largest absolute Gasteiger partial charge is 0.543 e. The molecule has 2 rings (SSSR count). The Kier molecular flexibility index (Phi) is 8.01. The van der Waals surface area contributed by atoms with Gasteiger partial charge in [-0.1, -0.05) is 41.5 Å². The number of benzene rings is 1. The molecule has 0 N–H and O–H groups in total. The van der Waals surface area contributed by atoms with Crippen LogP contribution in [0.2, 0.25) is 36.3 Å². The Labute approximate surface area is 190 Å². The summed E-state index contributed by atoms with van der Waals surface area (Å²) >= 11 is 4.21. The lowest BCUT2D eigenvalue weighted by Gasteiger charge is -2.38. The molecular formula is C23H42O2S2Si2. The zero-order chi connectivity index (χ0) is 22.1. The van der Waals surface area contributed by atoms with Crippen molar-refractivity contribution in [2.45, 2.75) is 95.2 Å². The van der Waals surface area contributed by atoms with Crippen molar-refractivity contribution in [1.29, 1.82) is 0 Å². The van der Waals surface area contributed by atoms with Crippen LogP contribution in [-0.4, -0.2) is 32.7 Å². The van der Waals surface area contributed by atoms with E-state index in [4.69, 9.17) is 8.85 Å². The molecule has 1 aliphatic rings. The maximum Gasteiger partial charge on any atom is 0.250 e. The van der Waals surface area contributed by atoms with E-state index in [0.29, 0.717) is 4.58 Å². The van der Waals surface area contributed by atoms with Gasteiger partial charge < -0.3 is 8.85 Å². The Morgan fingerprint density at radius 2 is 1.21 bits per heavy atom. The number of hydrogen-bond acceptors (Lipinski definition) is 4. The van der Waals surface area contributed by atoms with Gasteiger partial charge in [0.15, 0.2) is 0 Å². The van der Waals surface area contributed by atoms with Gasteiger partial charge in [-0.05, 0) is 78.3 Å². The Morgan fingerprint density at radius 1 is 0.793 bits per heavy atom. The lowest BCUT2D eigenvalue weighted by molar-refractivity contribution is 0.473. The second-order valence-corrected chi connectivity index (χ2v) is 23.6. The Morgan fingerprint density at radius 3 is 1.59 bits per heavy atom. The van der Waals surface area contributed by atoms with E-state index in [0.717, 1.165) is 17.9 Å². The number of thioether (sulfide) groups is 2. The monoisotopic (exact) mass is 470 g/mol. The van der Waals surface area contributed by atoms with Crippen molar-refractivity contribution in [2.24, 2.45) is 0 Å². The van der Waals surface area contributed by atoms with E-state index < -0.39 is 16.6 Å². The van der Waals surface area contributed by atoms with E-state index in [1.807, 2.05) is 0 Å². The van der Waals surface area contributed by atoms with Crippen molar-refractivity contribution in [3.8, 4) is 11.5 Å². The summed E-state index contributed by atoms with van der Waals surface area (Å²) in [6, 6.07) is 6.69. The van der Waals surface area contributed by atoms with Gasteiger partial charge in [0.25, 0.3) is 0 Å². The van der Waals surface area contributed by atoms with Gasteiger partial charge in [-0.3, -0.25) is 0 Å². The third kappa shape index (κ3) is 6.98. The first kappa shape index (κ1) is 25.2. The summed E-state index contributed by atoms with van der Waals surface area (Å²) in [6.07, 6.45) is 2.41. The lowest BCUT2D eigenvalue weighted by atomic mass is 10.1. The molecule has 29 heavy (non-hydrogen) atoms. The van der Waals surface area contributed by atoms with Gasteiger partial charge >= 0.3 is 0 Å². The Balaban J connectivity index is 2.35. The summed E-state index contributed by atoms with van der Waals surface area (Å²) in [5.74, 6) is 4.55. The van der Waals surface area contributed by atoms with Crippen LogP contribution in [0.3, 0.4) is 0 Å². The van der Waals surface area contributed by atoms with Crippen LogP contribution in [0.25, 0.3) is 0 Å². The predicted molar refractivity (Wildman–Crippen MR) is 139 cm³/mol. The maximum absolute atomic E-state index is 6.70. The SMILES string of the molecule is CC(C)(C)[Si](C)(C)Oc1cc(CC2SCCCS2)cc(O[Si](C)(C)C(C)(C)C)c1. The molecule has 0 saturated carbocycles. The summed E-state index contributed by atoms with van der Waals surface area (Å²) in [4.78, 5) is 0. The van der Waals surface area contributed by atoms with Crippen LogP contribution in [0.4, 0.5) is 0 Å². The van der Waals surface area contributed by atoms with Crippen LogP contribution < -0.4 is 8.85 Å². The molecule has 1 aromatic carbocycles. The van der Waals surface area contributed by atoms with Gasteiger partial charge in [0, 0.05) is 6.07 Å². The third-order valence-electron chi connectivity index (χ3n) is 6.60. The molecule has 0 amide bonds. The van der Waals surface area contributed by atoms with E-state index in [9.17, 15) is 0 Å². The highest BCUT2D eigenvalue weighted by atomic mass is 32.2. The molecule has 0 unspecified atom stereocenters. The van der Waals surface area contributed by atoms with Crippen LogP contribution in [0.1, 0.15) is 53.5 Å². The highest BCUT2D eigenvalue weighted by molar-refractivity contribution is 8.17. The highest BCUT2D eigenvalue weighted by Gasteiger charge is 2.40. The van der Waals surface area contributed by atoms with Crippen LogP contribution in [0.5, 0.6) is 11.5 Å².